The summed E-state index contributed by atoms with van der Waals surface area (Å²) in [5.74, 6) is -0.489. The number of halogens is 2. The van der Waals surface area contributed by atoms with Crippen LogP contribution in [0, 0.1) is 5.82 Å². The highest BCUT2D eigenvalue weighted by Gasteiger charge is 2.04. The summed E-state index contributed by atoms with van der Waals surface area (Å²) in [6, 6.07) is 4.79. The Balaban J connectivity index is 2.31. The molecule has 1 aromatic rings. The minimum Gasteiger partial charge on any atom is -0.352 e. The van der Waals surface area contributed by atoms with E-state index in [1.807, 2.05) is 13.8 Å². The van der Waals surface area contributed by atoms with E-state index in [4.69, 9.17) is 11.6 Å². The lowest BCUT2D eigenvalue weighted by atomic mass is 10.2. The molecule has 1 aromatic carbocycles. The molecule has 1 rings (SSSR count). The van der Waals surface area contributed by atoms with Gasteiger partial charge in [0, 0.05) is 25.6 Å². The van der Waals surface area contributed by atoms with Crippen LogP contribution in [0.25, 0.3) is 0 Å². The van der Waals surface area contributed by atoms with Gasteiger partial charge in [-0.05, 0) is 17.7 Å². The maximum absolute atomic E-state index is 12.9. The Kier molecular flexibility index (Phi) is 6.09. The summed E-state index contributed by atoms with van der Waals surface area (Å²) in [4.78, 5) is 11.5. The molecule has 0 saturated heterocycles. The van der Waals surface area contributed by atoms with Gasteiger partial charge in [-0.2, -0.15) is 0 Å². The first-order valence-corrected chi connectivity index (χ1v) is 6.31. The van der Waals surface area contributed by atoms with Crippen LogP contribution in [0.3, 0.4) is 0 Å². The van der Waals surface area contributed by atoms with Gasteiger partial charge in [0.25, 0.3) is 0 Å². The average molecular weight is 273 g/mol. The van der Waals surface area contributed by atoms with Gasteiger partial charge in [0.2, 0.25) is 5.91 Å². The molecule has 0 spiro atoms. The summed E-state index contributed by atoms with van der Waals surface area (Å²) in [5, 5.41) is 5.99. The van der Waals surface area contributed by atoms with E-state index in [1.165, 1.54) is 12.1 Å². The maximum Gasteiger partial charge on any atom is 0.221 e. The van der Waals surface area contributed by atoms with Gasteiger partial charge in [-0.3, -0.25) is 4.79 Å². The number of hydrogen-bond acceptors (Lipinski definition) is 2. The number of amides is 1. The van der Waals surface area contributed by atoms with Crippen LogP contribution in [0.2, 0.25) is 5.02 Å². The third kappa shape index (κ3) is 5.47. The van der Waals surface area contributed by atoms with Crippen molar-refractivity contribution in [1.82, 2.24) is 10.6 Å². The molecule has 0 aliphatic heterocycles. The van der Waals surface area contributed by atoms with Gasteiger partial charge in [-0.15, -0.1) is 0 Å². The first kappa shape index (κ1) is 14.9. The Morgan fingerprint density at radius 2 is 2.17 bits per heavy atom. The number of carbonyl (C=O) groups excluding carboxylic acids is 1. The van der Waals surface area contributed by atoms with Crippen LogP contribution >= 0.6 is 11.6 Å². The predicted molar refractivity (Wildman–Crippen MR) is 71.0 cm³/mol. The molecule has 0 fully saturated rings. The lowest BCUT2D eigenvalue weighted by molar-refractivity contribution is -0.121. The van der Waals surface area contributed by atoms with Crippen molar-refractivity contribution in [2.45, 2.75) is 32.9 Å². The monoisotopic (exact) mass is 272 g/mol. The number of hydrogen-bond donors (Lipinski definition) is 2. The highest BCUT2D eigenvalue weighted by molar-refractivity contribution is 6.30. The zero-order chi connectivity index (χ0) is 13.5. The molecule has 100 valence electrons. The van der Waals surface area contributed by atoms with Crippen molar-refractivity contribution in [1.29, 1.82) is 0 Å². The van der Waals surface area contributed by atoms with Crippen molar-refractivity contribution in [2.75, 3.05) is 6.54 Å². The molecule has 2 N–H and O–H groups in total. The van der Waals surface area contributed by atoms with E-state index in [9.17, 15) is 9.18 Å². The largest absolute Gasteiger partial charge is 0.352 e. The van der Waals surface area contributed by atoms with Gasteiger partial charge < -0.3 is 10.6 Å². The van der Waals surface area contributed by atoms with E-state index in [-0.39, 0.29) is 10.9 Å². The summed E-state index contributed by atoms with van der Waals surface area (Å²) in [5.41, 5.74) is 0.784. The van der Waals surface area contributed by atoms with Gasteiger partial charge in [-0.25, -0.2) is 4.39 Å². The zero-order valence-electron chi connectivity index (χ0n) is 10.6. The Morgan fingerprint density at radius 1 is 1.44 bits per heavy atom. The van der Waals surface area contributed by atoms with Crippen LogP contribution in [0.5, 0.6) is 0 Å². The second-order valence-electron chi connectivity index (χ2n) is 4.38. The lowest BCUT2D eigenvalue weighted by Crippen LogP contribution is -2.30. The Hall–Kier alpha value is -1.13. The van der Waals surface area contributed by atoms with Gasteiger partial charge in [-0.1, -0.05) is 31.5 Å². The van der Waals surface area contributed by atoms with E-state index < -0.39 is 5.82 Å². The summed E-state index contributed by atoms with van der Waals surface area (Å²) in [6.07, 6.45) is 0.424. The Labute approximate surface area is 112 Å². The Bertz CT molecular complexity index is 410. The fourth-order valence-electron chi connectivity index (χ4n) is 1.41. The minimum atomic E-state index is -0.451. The third-order valence-corrected chi connectivity index (χ3v) is 2.67. The third-order valence-electron chi connectivity index (χ3n) is 2.38. The summed E-state index contributed by atoms with van der Waals surface area (Å²) < 4.78 is 12.9. The van der Waals surface area contributed by atoms with E-state index >= 15 is 0 Å². The van der Waals surface area contributed by atoms with Crippen LogP contribution in [0.1, 0.15) is 25.8 Å². The average Bonchev–Trinajstić information content (AvgIpc) is 2.30. The van der Waals surface area contributed by atoms with Crippen molar-refractivity contribution in [3.8, 4) is 0 Å². The summed E-state index contributed by atoms with van der Waals surface area (Å²) >= 11 is 5.65. The number of rotatable bonds is 6. The van der Waals surface area contributed by atoms with Gasteiger partial charge in [0.05, 0.1) is 5.02 Å². The molecule has 0 aliphatic carbocycles. The summed E-state index contributed by atoms with van der Waals surface area (Å²) in [6.45, 7) is 5.06. The van der Waals surface area contributed by atoms with Crippen molar-refractivity contribution in [3.05, 3.63) is 34.6 Å². The van der Waals surface area contributed by atoms with Gasteiger partial charge in [0.15, 0.2) is 0 Å². The predicted octanol–water partition coefficient (Wildman–Crippen LogP) is 2.48. The van der Waals surface area contributed by atoms with Crippen LogP contribution in [0.15, 0.2) is 18.2 Å². The van der Waals surface area contributed by atoms with Crippen LogP contribution in [0.4, 0.5) is 4.39 Å². The highest BCUT2D eigenvalue weighted by atomic mass is 35.5. The van der Waals surface area contributed by atoms with Crippen LogP contribution in [-0.2, 0) is 11.3 Å². The highest BCUT2D eigenvalue weighted by Crippen LogP contribution is 2.15. The molecular formula is C13H18ClFN2O. The SMILES string of the molecule is CC(C)NCCC(=O)NCc1ccc(F)c(Cl)c1. The second-order valence-corrected chi connectivity index (χ2v) is 4.79. The topological polar surface area (TPSA) is 41.1 Å². The molecule has 0 aliphatic rings. The zero-order valence-corrected chi connectivity index (χ0v) is 11.4. The number of carbonyl (C=O) groups is 1. The lowest BCUT2D eigenvalue weighted by Gasteiger charge is -2.08. The van der Waals surface area contributed by atoms with Crippen molar-refractivity contribution >= 4 is 17.5 Å². The van der Waals surface area contributed by atoms with E-state index in [0.717, 1.165) is 5.56 Å². The molecule has 0 unspecified atom stereocenters. The Morgan fingerprint density at radius 3 is 2.78 bits per heavy atom. The quantitative estimate of drug-likeness (QED) is 0.835. The minimum absolute atomic E-state index is 0.0383. The number of benzene rings is 1. The number of nitrogens with one attached hydrogen (secondary N) is 2. The van der Waals surface area contributed by atoms with E-state index in [0.29, 0.717) is 25.6 Å². The first-order chi connectivity index (χ1) is 8.49. The van der Waals surface area contributed by atoms with Crippen molar-refractivity contribution in [2.24, 2.45) is 0 Å². The first-order valence-electron chi connectivity index (χ1n) is 5.93. The molecule has 1 amide bonds. The van der Waals surface area contributed by atoms with Crippen LogP contribution < -0.4 is 10.6 Å². The van der Waals surface area contributed by atoms with Gasteiger partial charge >= 0.3 is 0 Å². The fourth-order valence-corrected chi connectivity index (χ4v) is 1.62. The fraction of sp³-hybridized carbons (Fsp3) is 0.462. The molecule has 0 aromatic heterocycles. The van der Waals surface area contributed by atoms with Crippen molar-refractivity contribution < 1.29 is 9.18 Å². The maximum atomic E-state index is 12.9. The van der Waals surface area contributed by atoms with E-state index in [1.54, 1.807) is 6.07 Å². The molecule has 0 heterocycles. The second kappa shape index (κ2) is 7.34. The standard InChI is InChI=1S/C13H18ClFN2O/c1-9(2)16-6-5-13(18)17-8-10-3-4-12(15)11(14)7-10/h3-4,7,9,16H,5-6,8H2,1-2H3,(H,17,18). The molecule has 0 atom stereocenters. The van der Waals surface area contributed by atoms with Crippen LogP contribution in [-0.4, -0.2) is 18.5 Å². The molecule has 18 heavy (non-hydrogen) atoms. The molecule has 0 bridgehead atoms. The molecule has 0 saturated carbocycles. The van der Waals surface area contributed by atoms with E-state index in [2.05, 4.69) is 10.6 Å². The smallest absolute Gasteiger partial charge is 0.221 e. The summed E-state index contributed by atoms with van der Waals surface area (Å²) in [7, 11) is 0. The molecular weight excluding hydrogens is 255 g/mol. The normalized spacial score (nSPS) is 10.7. The molecule has 0 radical (unpaired) electrons. The molecule has 3 nitrogen and oxygen atoms in total. The van der Waals surface area contributed by atoms with Crippen molar-refractivity contribution in [3.63, 3.8) is 0 Å². The van der Waals surface area contributed by atoms with Gasteiger partial charge in [0.1, 0.15) is 5.82 Å². The molecule has 5 heteroatoms.